The number of halogens is 1. The average molecular weight is 337 g/mol. The molecular weight excluding hydrogens is 312 g/mol. The Labute approximate surface area is 143 Å². The number of rotatable bonds is 4. The molecule has 5 nitrogen and oxygen atoms in total. The van der Waals surface area contributed by atoms with Crippen molar-refractivity contribution in [3.63, 3.8) is 0 Å². The summed E-state index contributed by atoms with van der Waals surface area (Å²) in [7, 11) is 3.50. The fourth-order valence-corrected chi connectivity index (χ4v) is 3.09. The first-order valence-electron chi connectivity index (χ1n) is 8.03. The van der Waals surface area contributed by atoms with Gasteiger partial charge in [-0.25, -0.2) is 0 Å². The maximum Gasteiger partial charge on any atom is 0.220 e. The van der Waals surface area contributed by atoms with Crippen LogP contribution in [0, 0.1) is 5.92 Å². The molecule has 1 fully saturated rings. The van der Waals surface area contributed by atoms with Gasteiger partial charge in [0.1, 0.15) is 0 Å². The molecule has 2 rings (SSSR count). The van der Waals surface area contributed by atoms with Crippen LogP contribution in [0.3, 0.4) is 0 Å². The quantitative estimate of drug-likeness (QED) is 0.655. The zero-order valence-corrected chi connectivity index (χ0v) is 14.6. The molecule has 0 spiro atoms. The first kappa shape index (κ1) is 17.6. The smallest absolute Gasteiger partial charge is 0.220 e. The number of piperidine rings is 1. The summed E-state index contributed by atoms with van der Waals surface area (Å²) >= 11 is 6.01. The Kier molecular flexibility index (Phi) is 6.71. The summed E-state index contributed by atoms with van der Waals surface area (Å²) in [6.07, 6.45) is 2.66. The second kappa shape index (κ2) is 8.77. The van der Waals surface area contributed by atoms with E-state index in [4.69, 9.17) is 11.6 Å². The summed E-state index contributed by atoms with van der Waals surface area (Å²) in [6, 6.07) is 7.82. The van der Waals surface area contributed by atoms with Crippen LogP contribution < -0.4 is 10.6 Å². The van der Waals surface area contributed by atoms with E-state index in [1.54, 1.807) is 14.1 Å². The summed E-state index contributed by atoms with van der Waals surface area (Å²) in [5.74, 6) is 1.51. The Morgan fingerprint density at radius 2 is 2.13 bits per heavy atom. The second-order valence-electron chi connectivity index (χ2n) is 5.84. The van der Waals surface area contributed by atoms with Crippen LogP contribution in [-0.2, 0) is 11.3 Å². The molecule has 23 heavy (non-hydrogen) atoms. The third kappa shape index (κ3) is 5.43. The lowest BCUT2D eigenvalue weighted by atomic mass is 9.93. The number of guanidine groups is 1. The highest BCUT2D eigenvalue weighted by atomic mass is 35.5. The molecule has 1 amide bonds. The molecule has 1 aliphatic rings. The van der Waals surface area contributed by atoms with Gasteiger partial charge in [-0.3, -0.25) is 9.79 Å². The Balaban J connectivity index is 1.82. The van der Waals surface area contributed by atoms with Crippen molar-refractivity contribution in [1.29, 1.82) is 0 Å². The van der Waals surface area contributed by atoms with Crippen LogP contribution in [-0.4, -0.2) is 44.0 Å². The first-order chi connectivity index (χ1) is 11.1. The van der Waals surface area contributed by atoms with E-state index in [0.29, 0.717) is 18.9 Å². The lowest BCUT2D eigenvalue weighted by Crippen LogP contribution is -2.45. The van der Waals surface area contributed by atoms with Crippen LogP contribution >= 0.6 is 11.6 Å². The van der Waals surface area contributed by atoms with Gasteiger partial charge in [0.2, 0.25) is 5.91 Å². The monoisotopic (exact) mass is 336 g/mol. The number of amides is 1. The molecule has 1 heterocycles. The number of likely N-dealkylation sites (tertiary alicyclic amines) is 1. The van der Waals surface area contributed by atoms with E-state index in [1.165, 1.54) is 0 Å². The van der Waals surface area contributed by atoms with Gasteiger partial charge in [0.25, 0.3) is 0 Å². The van der Waals surface area contributed by atoms with Crippen LogP contribution in [0.15, 0.2) is 29.3 Å². The molecule has 0 bridgehead atoms. The van der Waals surface area contributed by atoms with E-state index in [-0.39, 0.29) is 5.91 Å². The molecule has 0 unspecified atom stereocenters. The van der Waals surface area contributed by atoms with Gasteiger partial charge in [0.15, 0.2) is 5.96 Å². The summed E-state index contributed by atoms with van der Waals surface area (Å²) in [5, 5.41) is 6.83. The molecule has 0 aliphatic carbocycles. The zero-order valence-electron chi connectivity index (χ0n) is 13.8. The minimum atomic E-state index is 0.131. The number of benzene rings is 1. The fourth-order valence-electron chi connectivity index (χ4n) is 2.87. The molecular formula is C17H25ClN4O. The molecule has 126 valence electrons. The number of carbonyl (C=O) groups is 1. The van der Waals surface area contributed by atoms with E-state index < -0.39 is 0 Å². The Bertz CT molecular complexity index is 553. The van der Waals surface area contributed by atoms with E-state index >= 15 is 0 Å². The number of nitrogens with one attached hydrogen (secondary N) is 2. The Morgan fingerprint density at radius 1 is 1.39 bits per heavy atom. The van der Waals surface area contributed by atoms with Crippen molar-refractivity contribution in [2.45, 2.75) is 25.8 Å². The third-order valence-corrected chi connectivity index (χ3v) is 4.45. The van der Waals surface area contributed by atoms with Crippen LogP contribution in [0.1, 0.15) is 24.8 Å². The largest absolute Gasteiger partial charge is 0.359 e. The van der Waals surface area contributed by atoms with Crippen LogP contribution in [0.4, 0.5) is 0 Å². The van der Waals surface area contributed by atoms with E-state index in [1.807, 2.05) is 24.3 Å². The van der Waals surface area contributed by atoms with Gasteiger partial charge in [0, 0.05) is 45.2 Å². The lowest BCUT2D eigenvalue weighted by molar-refractivity contribution is -0.121. The first-order valence-corrected chi connectivity index (χ1v) is 8.40. The van der Waals surface area contributed by atoms with Crippen molar-refractivity contribution in [2.75, 3.05) is 27.2 Å². The second-order valence-corrected chi connectivity index (χ2v) is 6.27. The number of carbonyl (C=O) groups excluding carboxylic acids is 1. The van der Waals surface area contributed by atoms with Crippen LogP contribution in [0.2, 0.25) is 5.02 Å². The number of nitrogens with zero attached hydrogens (tertiary/aromatic N) is 2. The van der Waals surface area contributed by atoms with E-state index in [0.717, 1.165) is 42.5 Å². The van der Waals surface area contributed by atoms with Crippen molar-refractivity contribution >= 4 is 23.5 Å². The van der Waals surface area contributed by atoms with E-state index in [9.17, 15) is 4.79 Å². The summed E-state index contributed by atoms with van der Waals surface area (Å²) in [6.45, 7) is 2.55. The zero-order chi connectivity index (χ0) is 16.7. The molecule has 1 aromatic rings. The molecule has 0 saturated carbocycles. The van der Waals surface area contributed by atoms with Gasteiger partial charge < -0.3 is 15.5 Å². The molecule has 1 aromatic carbocycles. The number of aliphatic imine (C=N–C) groups is 1. The highest BCUT2D eigenvalue weighted by Crippen LogP contribution is 2.20. The summed E-state index contributed by atoms with van der Waals surface area (Å²) < 4.78 is 0. The molecule has 0 radical (unpaired) electrons. The maximum absolute atomic E-state index is 11.5. The molecule has 1 saturated heterocycles. The number of hydrogen-bond acceptors (Lipinski definition) is 2. The van der Waals surface area contributed by atoms with Gasteiger partial charge in [-0.2, -0.15) is 0 Å². The highest BCUT2D eigenvalue weighted by molar-refractivity contribution is 6.30. The standard InChI is InChI=1S/C17H25ClN4O/c1-19-16(23)11-13-6-8-22(9-7-13)17(20-2)21-12-14-4-3-5-15(18)10-14/h3-5,10,13H,6-9,11-12H2,1-2H3,(H,19,23)(H,20,21). The third-order valence-electron chi connectivity index (χ3n) is 4.22. The minimum absolute atomic E-state index is 0.131. The molecule has 0 atom stereocenters. The fraction of sp³-hybridized carbons (Fsp3) is 0.529. The Hall–Kier alpha value is -1.75. The van der Waals surface area contributed by atoms with Crippen molar-refractivity contribution in [2.24, 2.45) is 10.9 Å². The van der Waals surface area contributed by atoms with E-state index in [2.05, 4.69) is 20.5 Å². The molecule has 1 aliphatic heterocycles. The molecule has 6 heteroatoms. The van der Waals surface area contributed by atoms with Gasteiger partial charge in [-0.15, -0.1) is 0 Å². The maximum atomic E-state index is 11.5. The van der Waals surface area contributed by atoms with Gasteiger partial charge in [-0.05, 0) is 36.5 Å². The predicted molar refractivity (Wildman–Crippen MR) is 94.6 cm³/mol. The minimum Gasteiger partial charge on any atom is -0.359 e. The van der Waals surface area contributed by atoms with Crippen LogP contribution in [0.25, 0.3) is 0 Å². The normalized spacial score (nSPS) is 16.3. The summed E-state index contributed by atoms with van der Waals surface area (Å²) in [5.41, 5.74) is 1.13. The summed E-state index contributed by atoms with van der Waals surface area (Å²) in [4.78, 5) is 18.1. The van der Waals surface area contributed by atoms with Gasteiger partial charge in [-0.1, -0.05) is 23.7 Å². The van der Waals surface area contributed by atoms with Gasteiger partial charge >= 0.3 is 0 Å². The van der Waals surface area contributed by atoms with Crippen molar-refractivity contribution < 1.29 is 4.79 Å². The van der Waals surface area contributed by atoms with Crippen molar-refractivity contribution in [3.05, 3.63) is 34.9 Å². The highest BCUT2D eigenvalue weighted by Gasteiger charge is 2.22. The predicted octanol–water partition coefficient (Wildman–Crippen LogP) is 2.26. The van der Waals surface area contributed by atoms with Crippen LogP contribution in [0.5, 0.6) is 0 Å². The van der Waals surface area contributed by atoms with Gasteiger partial charge in [0.05, 0.1) is 0 Å². The molecule has 0 aromatic heterocycles. The SMILES string of the molecule is CN=C(NCc1cccc(Cl)c1)N1CCC(CC(=O)NC)CC1. The molecule has 2 N–H and O–H groups in total. The lowest BCUT2D eigenvalue weighted by Gasteiger charge is -2.34. The van der Waals surface area contributed by atoms with Crippen molar-refractivity contribution in [3.8, 4) is 0 Å². The topological polar surface area (TPSA) is 56.7 Å². The Morgan fingerprint density at radius 3 is 2.74 bits per heavy atom. The number of hydrogen-bond donors (Lipinski definition) is 2. The van der Waals surface area contributed by atoms with Crippen molar-refractivity contribution in [1.82, 2.24) is 15.5 Å². The average Bonchev–Trinajstić information content (AvgIpc) is 2.56.